The van der Waals surface area contributed by atoms with Gasteiger partial charge in [0.05, 0.1) is 13.2 Å². The van der Waals surface area contributed by atoms with Crippen molar-refractivity contribution in [3.05, 3.63) is 66.7 Å². The van der Waals surface area contributed by atoms with Crippen LogP contribution in [0, 0.1) is 0 Å². The van der Waals surface area contributed by atoms with E-state index in [0.29, 0.717) is 18.8 Å². The molecule has 0 heterocycles. The van der Waals surface area contributed by atoms with Gasteiger partial charge in [-0.2, -0.15) is 0 Å². The lowest BCUT2D eigenvalue weighted by molar-refractivity contribution is -0.137. The highest BCUT2D eigenvalue weighted by molar-refractivity contribution is 5.81. The topological polar surface area (TPSA) is 52.6 Å². The Labute approximate surface area is 167 Å². The van der Waals surface area contributed by atoms with Crippen molar-refractivity contribution >= 4 is 12.3 Å². The number of carbonyl (C=O) groups excluding carboxylic acids is 2. The highest BCUT2D eigenvalue weighted by Crippen LogP contribution is 2.22. The zero-order valence-corrected chi connectivity index (χ0v) is 16.3. The number of aldehydes is 1. The molecule has 28 heavy (non-hydrogen) atoms. The first kappa shape index (κ1) is 21.4. The van der Waals surface area contributed by atoms with Gasteiger partial charge in [0.2, 0.25) is 0 Å². The van der Waals surface area contributed by atoms with E-state index in [9.17, 15) is 9.59 Å². The summed E-state index contributed by atoms with van der Waals surface area (Å²) in [5.41, 5.74) is 2.86. The van der Waals surface area contributed by atoms with E-state index in [2.05, 4.69) is 6.58 Å². The van der Waals surface area contributed by atoms with E-state index in [1.807, 2.05) is 48.5 Å². The van der Waals surface area contributed by atoms with Gasteiger partial charge in [-0.3, -0.25) is 4.79 Å². The number of rotatable bonds is 13. The van der Waals surface area contributed by atoms with Crippen LogP contribution in [-0.4, -0.2) is 25.5 Å². The molecule has 0 atom stereocenters. The molecule has 0 unspecified atom stereocenters. The summed E-state index contributed by atoms with van der Waals surface area (Å²) in [6, 6.07) is 15.6. The predicted octanol–water partition coefficient (Wildman–Crippen LogP) is 5.61. The van der Waals surface area contributed by atoms with Gasteiger partial charge in [0, 0.05) is 11.6 Å². The fourth-order valence-corrected chi connectivity index (χ4v) is 2.83. The van der Waals surface area contributed by atoms with E-state index in [0.717, 1.165) is 61.7 Å². The van der Waals surface area contributed by atoms with Crippen LogP contribution in [0.1, 0.15) is 48.9 Å². The number of benzene rings is 2. The number of unbranched alkanes of at least 4 members (excludes halogenated alkanes) is 5. The van der Waals surface area contributed by atoms with Crippen LogP contribution in [0.2, 0.25) is 0 Å². The lowest BCUT2D eigenvalue weighted by atomic mass is 10.0. The first-order chi connectivity index (χ1) is 13.7. The van der Waals surface area contributed by atoms with Crippen molar-refractivity contribution in [1.82, 2.24) is 0 Å². The third kappa shape index (κ3) is 7.78. The highest BCUT2D eigenvalue weighted by Gasteiger charge is 2.00. The van der Waals surface area contributed by atoms with Gasteiger partial charge in [0.25, 0.3) is 0 Å². The number of esters is 1. The van der Waals surface area contributed by atoms with Crippen molar-refractivity contribution in [3.63, 3.8) is 0 Å². The quantitative estimate of drug-likeness (QED) is 0.196. The van der Waals surface area contributed by atoms with Gasteiger partial charge in [-0.25, -0.2) is 4.79 Å². The third-order valence-electron chi connectivity index (χ3n) is 4.45. The molecule has 0 saturated heterocycles. The summed E-state index contributed by atoms with van der Waals surface area (Å²) in [6.07, 6.45) is 8.48. The largest absolute Gasteiger partial charge is 0.494 e. The molecular formula is C24H28O4. The molecule has 0 saturated carbocycles. The van der Waals surface area contributed by atoms with E-state index in [1.165, 1.54) is 6.08 Å². The summed E-state index contributed by atoms with van der Waals surface area (Å²) >= 11 is 0. The van der Waals surface area contributed by atoms with Gasteiger partial charge in [-0.05, 0) is 36.1 Å². The average molecular weight is 380 g/mol. The van der Waals surface area contributed by atoms with Crippen LogP contribution in [0.4, 0.5) is 0 Å². The normalized spacial score (nSPS) is 10.3. The average Bonchev–Trinajstić information content (AvgIpc) is 2.75. The molecule has 0 spiro atoms. The Kier molecular flexibility index (Phi) is 9.56. The van der Waals surface area contributed by atoms with Gasteiger partial charge < -0.3 is 9.47 Å². The molecule has 0 aliphatic heterocycles. The van der Waals surface area contributed by atoms with Gasteiger partial charge in [-0.15, -0.1) is 0 Å². The van der Waals surface area contributed by atoms with Gasteiger partial charge in [-0.1, -0.05) is 68.7 Å². The summed E-state index contributed by atoms with van der Waals surface area (Å²) < 4.78 is 10.7. The van der Waals surface area contributed by atoms with Crippen molar-refractivity contribution in [1.29, 1.82) is 0 Å². The highest BCUT2D eigenvalue weighted by atomic mass is 16.5. The second kappa shape index (κ2) is 12.5. The fraction of sp³-hybridized carbons (Fsp3) is 0.333. The Balaban J connectivity index is 1.56. The van der Waals surface area contributed by atoms with Gasteiger partial charge in [0.1, 0.15) is 12.0 Å². The Hall–Kier alpha value is -2.88. The Bertz CT molecular complexity index is 732. The van der Waals surface area contributed by atoms with Crippen LogP contribution in [0.15, 0.2) is 61.2 Å². The zero-order valence-electron chi connectivity index (χ0n) is 16.3. The van der Waals surface area contributed by atoms with Crippen LogP contribution in [0.25, 0.3) is 11.1 Å². The molecule has 0 aliphatic carbocycles. The minimum atomic E-state index is -0.346. The number of carbonyl (C=O) groups is 2. The lowest BCUT2D eigenvalue weighted by Gasteiger charge is -2.08. The molecule has 2 aromatic carbocycles. The summed E-state index contributed by atoms with van der Waals surface area (Å²) in [7, 11) is 0. The third-order valence-corrected chi connectivity index (χ3v) is 4.45. The van der Waals surface area contributed by atoms with Crippen molar-refractivity contribution in [2.24, 2.45) is 0 Å². The summed E-state index contributed by atoms with van der Waals surface area (Å²) in [5.74, 6) is 0.526. The summed E-state index contributed by atoms with van der Waals surface area (Å²) in [5, 5.41) is 0. The van der Waals surface area contributed by atoms with Crippen molar-refractivity contribution in [2.75, 3.05) is 13.2 Å². The molecule has 2 aromatic rings. The van der Waals surface area contributed by atoms with Crippen molar-refractivity contribution < 1.29 is 19.1 Å². The molecule has 4 nitrogen and oxygen atoms in total. The predicted molar refractivity (Wildman–Crippen MR) is 112 cm³/mol. The maximum absolute atomic E-state index is 10.9. The van der Waals surface area contributed by atoms with Gasteiger partial charge >= 0.3 is 5.97 Å². The number of hydrogen-bond donors (Lipinski definition) is 0. The first-order valence-corrected chi connectivity index (χ1v) is 9.80. The lowest BCUT2D eigenvalue weighted by Crippen LogP contribution is -2.01. The first-order valence-electron chi connectivity index (χ1n) is 9.80. The molecule has 2 rings (SSSR count). The summed E-state index contributed by atoms with van der Waals surface area (Å²) in [4.78, 5) is 21.6. The van der Waals surface area contributed by atoms with Crippen molar-refractivity contribution in [2.45, 2.75) is 38.5 Å². The molecule has 0 N–H and O–H groups in total. The van der Waals surface area contributed by atoms with Crippen LogP contribution in [0.5, 0.6) is 5.75 Å². The zero-order chi connectivity index (χ0) is 20.0. The minimum Gasteiger partial charge on any atom is -0.494 e. The Morgan fingerprint density at radius 3 is 1.89 bits per heavy atom. The summed E-state index contributed by atoms with van der Waals surface area (Å²) in [6.45, 7) is 4.56. The molecule has 0 amide bonds. The smallest absolute Gasteiger partial charge is 0.330 e. The van der Waals surface area contributed by atoms with Crippen LogP contribution >= 0.6 is 0 Å². The molecule has 0 aliphatic rings. The second-order valence-electron chi connectivity index (χ2n) is 6.61. The van der Waals surface area contributed by atoms with Crippen molar-refractivity contribution in [3.8, 4) is 16.9 Å². The Morgan fingerprint density at radius 2 is 1.32 bits per heavy atom. The van der Waals surface area contributed by atoms with E-state index in [4.69, 9.17) is 9.47 Å². The molecule has 148 valence electrons. The minimum absolute atomic E-state index is 0.346. The Morgan fingerprint density at radius 1 is 0.786 bits per heavy atom. The van der Waals surface area contributed by atoms with Crippen LogP contribution in [-0.2, 0) is 9.53 Å². The van der Waals surface area contributed by atoms with E-state index >= 15 is 0 Å². The van der Waals surface area contributed by atoms with Gasteiger partial charge in [0.15, 0.2) is 0 Å². The molecule has 0 radical (unpaired) electrons. The monoisotopic (exact) mass is 380 g/mol. The maximum atomic E-state index is 10.9. The molecule has 0 fully saturated rings. The SMILES string of the molecule is C=CC(=O)OCCCCCCCCOc1ccc(-c2ccc(C=O)cc2)cc1. The molecule has 4 heteroatoms. The second-order valence-corrected chi connectivity index (χ2v) is 6.61. The molecular weight excluding hydrogens is 352 g/mol. The van der Waals surface area contributed by atoms with Crippen LogP contribution in [0.3, 0.4) is 0 Å². The maximum Gasteiger partial charge on any atom is 0.330 e. The van der Waals surface area contributed by atoms with E-state index in [-0.39, 0.29) is 5.97 Å². The van der Waals surface area contributed by atoms with Crippen LogP contribution < -0.4 is 4.74 Å². The number of ether oxygens (including phenoxy) is 2. The standard InChI is InChI=1S/C24H28O4/c1-2-24(26)28-18-8-6-4-3-5-7-17-27-23-15-13-22(14-16-23)21-11-9-20(19-25)10-12-21/h2,9-16,19H,1,3-8,17-18H2. The molecule has 0 bridgehead atoms. The van der Waals surface area contributed by atoms with E-state index < -0.39 is 0 Å². The van der Waals surface area contributed by atoms with E-state index in [1.54, 1.807) is 0 Å². The fourth-order valence-electron chi connectivity index (χ4n) is 2.83. The number of hydrogen-bond acceptors (Lipinski definition) is 4. The molecule has 0 aromatic heterocycles.